The molecule has 0 spiro atoms. The molecule has 2 heterocycles. The summed E-state index contributed by atoms with van der Waals surface area (Å²) in [4.78, 5) is 31.8. The maximum atomic E-state index is 12.8. The summed E-state index contributed by atoms with van der Waals surface area (Å²) >= 11 is 0. The molecule has 10 heteroatoms. The zero-order valence-electron chi connectivity index (χ0n) is 17.3. The number of hydrogen-bond donors (Lipinski definition) is 6. The van der Waals surface area contributed by atoms with Crippen molar-refractivity contribution in [2.24, 2.45) is 5.73 Å². The molecular weight excluding hydrogens is 430 g/mol. The zero-order chi connectivity index (χ0) is 22.1. The molecule has 9 nitrogen and oxygen atoms in total. The predicted molar refractivity (Wildman–Crippen MR) is 124 cm³/mol. The molecule has 0 aliphatic carbocycles. The second-order valence-electron chi connectivity index (χ2n) is 6.90. The van der Waals surface area contributed by atoms with Gasteiger partial charge in [-0.25, -0.2) is 0 Å². The summed E-state index contributed by atoms with van der Waals surface area (Å²) in [6.45, 7) is 0.658. The number of rotatable bonds is 10. The topological polar surface area (TPSA) is 149 Å². The van der Waals surface area contributed by atoms with Crippen molar-refractivity contribution in [3.63, 3.8) is 0 Å². The number of carbonyl (C=O) groups is 2. The van der Waals surface area contributed by atoms with Gasteiger partial charge in [0, 0.05) is 42.9 Å². The summed E-state index contributed by atoms with van der Waals surface area (Å²) in [6, 6.07) is 13.8. The number of amidine groups is 1. The highest BCUT2D eigenvalue weighted by Gasteiger charge is 2.21. The summed E-state index contributed by atoms with van der Waals surface area (Å²) in [5.41, 5.74) is 8.67. The molecule has 168 valence electrons. The second kappa shape index (κ2) is 12.2. The number of nitrogen functional groups attached to an aromatic ring is 1. The van der Waals surface area contributed by atoms with E-state index in [9.17, 15) is 9.59 Å². The summed E-state index contributed by atoms with van der Waals surface area (Å²) in [6.07, 6.45) is 5.05. The average molecular weight is 456 g/mol. The van der Waals surface area contributed by atoms with E-state index in [1.54, 1.807) is 42.9 Å². The number of halogens is 1. The van der Waals surface area contributed by atoms with Crippen LogP contribution in [0.5, 0.6) is 0 Å². The lowest BCUT2D eigenvalue weighted by Gasteiger charge is -2.18. The number of nitrogens with one attached hydrogen (secondary N) is 5. The third-order valence-corrected chi connectivity index (χ3v) is 4.63. The molecular formula is C22H26ClN7O2. The number of aromatic amines is 1. The number of aromatic nitrogens is 2. The van der Waals surface area contributed by atoms with Crippen LogP contribution in [0.2, 0.25) is 0 Å². The SMILES string of the molecule is Cl.N=C(N)c1ccc(CNC(C(=O)NCC(=O)NCc2ccncc2)c2ccc[nH]2)cc1. The normalized spacial score (nSPS) is 11.1. The number of hydrogen-bond acceptors (Lipinski definition) is 5. The standard InChI is InChI=1S/C22H25N7O2.ClH/c23-21(24)17-5-3-15(4-6-17)13-28-20(18-2-1-9-26-18)22(31)29-14-19(30)27-12-16-7-10-25-11-8-16;/h1-11,20,26,28H,12-14H2,(H3,23,24)(H,27,30)(H,29,31);1H. The molecule has 0 aliphatic heterocycles. The minimum atomic E-state index is -0.657. The Labute approximate surface area is 192 Å². The maximum Gasteiger partial charge on any atom is 0.243 e. The third-order valence-electron chi connectivity index (χ3n) is 4.63. The van der Waals surface area contributed by atoms with E-state index in [1.165, 1.54) is 0 Å². The summed E-state index contributed by atoms with van der Waals surface area (Å²) < 4.78 is 0. The van der Waals surface area contributed by atoms with Crippen molar-refractivity contribution in [2.45, 2.75) is 19.1 Å². The maximum absolute atomic E-state index is 12.8. The van der Waals surface area contributed by atoms with Gasteiger partial charge in [0.1, 0.15) is 11.9 Å². The number of carbonyl (C=O) groups excluding carboxylic acids is 2. The van der Waals surface area contributed by atoms with Gasteiger partial charge >= 0.3 is 0 Å². The van der Waals surface area contributed by atoms with Crippen molar-refractivity contribution < 1.29 is 9.59 Å². The Kier molecular flexibility index (Phi) is 9.40. The van der Waals surface area contributed by atoms with Gasteiger partial charge in [0.15, 0.2) is 0 Å². The van der Waals surface area contributed by atoms with Gasteiger partial charge in [0.05, 0.1) is 6.54 Å². The molecule has 0 aliphatic rings. The van der Waals surface area contributed by atoms with Gasteiger partial charge in [-0.15, -0.1) is 12.4 Å². The van der Waals surface area contributed by atoms with E-state index < -0.39 is 6.04 Å². The van der Waals surface area contributed by atoms with E-state index >= 15 is 0 Å². The molecule has 2 amide bonds. The van der Waals surface area contributed by atoms with Crippen LogP contribution in [0.25, 0.3) is 0 Å². The first-order valence-corrected chi connectivity index (χ1v) is 9.76. The molecule has 3 aromatic rings. The molecule has 0 saturated carbocycles. The van der Waals surface area contributed by atoms with Gasteiger partial charge < -0.3 is 21.4 Å². The first kappa shape index (κ1) is 24.6. The van der Waals surface area contributed by atoms with Crippen LogP contribution in [0, 0.1) is 5.41 Å². The van der Waals surface area contributed by atoms with Crippen LogP contribution in [-0.2, 0) is 22.7 Å². The Hall–Kier alpha value is -3.69. The molecule has 1 unspecified atom stereocenters. The minimum Gasteiger partial charge on any atom is -0.384 e. The molecule has 0 fully saturated rings. The quantitative estimate of drug-likeness (QED) is 0.202. The monoisotopic (exact) mass is 455 g/mol. The number of nitrogens with two attached hydrogens (primary N) is 1. The molecule has 7 N–H and O–H groups in total. The first-order valence-electron chi connectivity index (χ1n) is 9.76. The van der Waals surface area contributed by atoms with Crippen LogP contribution in [0.3, 0.4) is 0 Å². The van der Waals surface area contributed by atoms with Gasteiger partial charge in [0.2, 0.25) is 11.8 Å². The third kappa shape index (κ3) is 7.22. The van der Waals surface area contributed by atoms with E-state index in [4.69, 9.17) is 11.1 Å². The fourth-order valence-electron chi connectivity index (χ4n) is 2.92. The Bertz CT molecular complexity index is 1010. The van der Waals surface area contributed by atoms with Crippen molar-refractivity contribution in [3.05, 3.63) is 89.5 Å². The number of benzene rings is 1. The molecule has 0 radical (unpaired) electrons. The Morgan fingerprint density at radius 3 is 2.31 bits per heavy atom. The van der Waals surface area contributed by atoms with E-state index in [0.717, 1.165) is 11.1 Å². The van der Waals surface area contributed by atoms with Gasteiger partial charge in [-0.3, -0.25) is 25.3 Å². The highest BCUT2D eigenvalue weighted by molar-refractivity contribution is 5.94. The van der Waals surface area contributed by atoms with Crippen molar-refractivity contribution in [1.82, 2.24) is 25.9 Å². The summed E-state index contributed by atoms with van der Waals surface area (Å²) in [5, 5.41) is 16.1. The summed E-state index contributed by atoms with van der Waals surface area (Å²) in [5.74, 6) is -0.595. The Morgan fingerprint density at radius 1 is 1.00 bits per heavy atom. The molecule has 32 heavy (non-hydrogen) atoms. The van der Waals surface area contributed by atoms with Crippen LogP contribution in [-0.4, -0.2) is 34.2 Å². The smallest absolute Gasteiger partial charge is 0.243 e. The van der Waals surface area contributed by atoms with Gasteiger partial charge in [-0.2, -0.15) is 0 Å². The lowest BCUT2D eigenvalue weighted by atomic mass is 10.1. The number of H-pyrrole nitrogens is 1. The highest BCUT2D eigenvalue weighted by atomic mass is 35.5. The molecule has 1 aromatic carbocycles. The fraction of sp³-hybridized carbons (Fsp3) is 0.182. The van der Waals surface area contributed by atoms with Gasteiger partial charge in [-0.05, 0) is 35.4 Å². The fourth-order valence-corrected chi connectivity index (χ4v) is 2.92. The number of amides is 2. The Balaban J connectivity index is 0.00000363. The van der Waals surface area contributed by atoms with E-state index in [2.05, 4.69) is 25.9 Å². The van der Waals surface area contributed by atoms with E-state index in [0.29, 0.717) is 24.3 Å². The van der Waals surface area contributed by atoms with Gasteiger partial charge in [0.25, 0.3) is 0 Å². The number of nitrogens with zero attached hydrogens (tertiary/aromatic N) is 1. The number of pyridine rings is 1. The van der Waals surface area contributed by atoms with Crippen molar-refractivity contribution in [2.75, 3.05) is 6.54 Å². The van der Waals surface area contributed by atoms with E-state index in [1.807, 2.05) is 24.3 Å². The second-order valence-corrected chi connectivity index (χ2v) is 6.90. The molecule has 0 bridgehead atoms. The van der Waals surface area contributed by atoms with Crippen LogP contribution < -0.4 is 21.7 Å². The molecule has 2 aromatic heterocycles. The lowest BCUT2D eigenvalue weighted by Crippen LogP contribution is -2.42. The summed E-state index contributed by atoms with van der Waals surface area (Å²) in [7, 11) is 0. The largest absolute Gasteiger partial charge is 0.384 e. The highest BCUT2D eigenvalue weighted by Crippen LogP contribution is 2.12. The predicted octanol–water partition coefficient (Wildman–Crippen LogP) is 1.38. The Morgan fingerprint density at radius 2 is 1.69 bits per heavy atom. The molecule has 3 rings (SSSR count). The molecule has 1 atom stereocenters. The van der Waals surface area contributed by atoms with Crippen LogP contribution >= 0.6 is 12.4 Å². The van der Waals surface area contributed by atoms with Crippen LogP contribution in [0.1, 0.15) is 28.4 Å². The average Bonchev–Trinajstić information content (AvgIpc) is 3.32. The lowest BCUT2D eigenvalue weighted by molar-refractivity contribution is -0.127. The van der Waals surface area contributed by atoms with Crippen LogP contribution in [0.4, 0.5) is 0 Å². The van der Waals surface area contributed by atoms with Crippen molar-refractivity contribution in [1.29, 1.82) is 5.41 Å². The van der Waals surface area contributed by atoms with Gasteiger partial charge in [-0.1, -0.05) is 24.3 Å². The first-order chi connectivity index (χ1) is 15.0. The van der Waals surface area contributed by atoms with Crippen molar-refractivity contribution in [3.8, 4) is 0 Å². The molecule has 0 saturated heterocycles. The van der Waals surface area contributed by atoms with Crippen molar-refractivity contribution >= 4 is 30.1 Å². The zero-order valence-corrected chi connectivity index (χ0v) is 18.1. The van der Waals surface area contributed by atoms with Crippen LogP contribution in [0.15, 0.2) is 67.1 Å². The minimum absolute atomic E-state index is 0. The van der Waals surface area contributed by atoms with E-state index in [-0.39, 0.29) is 36.6 Å².